The number of allylic oxidation sites excluding steroid dienone is 1. The molecule has 3 nitrogen and oxygen atoms in total. The van der Waals surface area contributed by atoms with Gasteiger partial charge in [0.1, 0.15) is 0 Å². The Labute approximate surface area is 255 Å². The molecule has 0 N–H and O–H groups in total. The summed E-state index contributed by atoms with van der Waals surface area (Å²) >= 11 is 0. The van der Waals surface area contributed by atoms with E-state index in [1.54, 1.807) is 0 Å². The summed E-state index contributed by atoms with van der Waals surface area (Å²) in [4.78, 5) is 9.96. The van der Waals surface area contributed by atoms with E-state index in [4.69, 9.17) is 9.97 Å². The van der Waals surface area contributed by atoms with Gasteiger partial charge in [0, 0.05) is 34.3 Å². The fourth-order valence-corrected chi connectivity index (χ4v) is 7.22. The monoisotopic (exact) mass is 563 g/mol. The molecule has 8 aromatic rings. The Morgan fingerprint density at radius 2 is 1.23 bits per heavy atom. The van der Waals surface area contributed by atoms with Gasteiger partial charge in [-0.15, -0.1) is 0 Å². The zero-order chi connectivity index (χ0) is 29.2. The average molecular weight is 564 g/mol. The highest BCUT2D eigenvalue weighted by atomic mass is 15.2. The molecule has 0 fully saturated rings. The molecule has 2 heterocycles. The number of nitrogens with zero attached hydrogens (tertiary/aromatic N) is 3. The number of fused-ring (bicyclic) bond motifs is 9. The van der Waals surface area contributed by atoms with Crippen LogP contribution in [-0.2, 0) is 0 Å². The van der Waals surface area contributed by atoms with Gasteiger partial charge in [-0.05, 0) is 74.1 Å². The standard InChI is InChI=1S/C41H29N3/c1-26-10-8-18-36-35-17-6-7-19-39(35)44(40(26)36)41-42-23-22-38(43-41)29-12-9-11-27(24-29)28-20-21-34-32-15-3-2-13-30(32)31-14-4-5-16-33(31)37(34)25-28/h2-9,11-26H,10H2,1H3. The van der Waals surface area contributed by atoms with Crippen molar-refractivity contribution in [1.29, 1.82) is 0 Å². The minimum atomic E-state index is 0.388. The van der Waals surface area contributed by atoms with Gasteiger partial charge in [0.25, 0.3) is 0 Å². The third-order valence-corrected chi connectivity index (χ3v) is 9.27. The summed E-state index contributed by atoms with van der Waals surface area (Å²) in [6, 6.07) is 43.7. The highest BCUT2D eigenvalue weighted by Crippen LogP contribution is 2.40. The molecule has 1 aliphatic carbocycles. The van der Waals surface area contributed by atoms with Crippen molar-refractivity contribution in [3.63, 3.8) is 0 Å². The molecule has 0 bridgehead atoms. The van der Waals surface area contributed by atoms with Crippen LogP contribution in [0.25, 0.3) is 77.6 Å². The lowest BCUT2D eigenvalue weighted by molar-refractivity contribution is 0.712. The van der Waals surface area contributed by atoms with E-state index in [1.807, 2.05) is 12.3 Å². The normalized spacial score (nSPS) is 14.5. The lowest BCUT2D eigenvalue weighted by atomic mass is 9.92. The van der Waals surface area contributed by atoms with Crippen LogP contribution < -0.4 is 0 Å². The van der Waals surface area contributed by atoms with E-state index < -0.39 is 0 Å². The molecule has 0 radical (unpaired) electrons. The fraction of sp³-hybridized carbons (Fsp3) is 0.0732. The van der Waals surface area contributed by atoms with Crippen LogP contribution in [0.3, 0.4) is 0 Å². The van der Waals surface area contributed by atoms with Crippen molar-refractivity contribution < 1.29 is 0 Å². The van der Waals surface area contributed by atoms with Crippen LogP contribution in [0.2, 0.25) is 0 Å². The maximum absolute atomic E-state index is 5.17. The van der Waals surface area contributed by atoms with Crippen LogP contribution in [0.15, 0.2) is 134 Å². The largest absolute Gasteiger partial charge is 0.281 e. The van der Waals surface area contributed by atoms with E-state index in [0.29, 0.717) is 5.92 Å². The van der Waals surface area contributed by atoms with Crippen molar-refractivity contribution in [2.45, 2.75) is 19.3 Å². The van der Waals surface area contributed by atoms with Crippen LogP contribution in [0, 0.1) is 0 Å². The maximum Gasteiger partial charge on any atom is 0.234 e. The molecule has 9 rings (SSSR count). The fourth-order valence-electron chi connectivity index (χ4n) is 7.22. The molecule has 0 saturated heterocycles. The lowest BCUT2D eigenvalue weighted by Gasteiger charge is -2.18. The molecule has 1 aliphatic rings. The van der Waals surface area contributed by atoms with Gasteiger partial charge in [-0.3, -0.25) is 4.57 Å². The Morgan fingerprint density at radius 1 is 0.591 bits per heavy atom. The van der Waals surface area contributed by atoms with E-state index in [0.717, 1.165) is 29.1 Å². The molecule has 0 aliphatic heterocycles. The van der Waals surface area contributed by atoms with Crippen molar-refractivity contribution in [2.24, 2.45) is 0 Å². The first-order valence-electron chi connectivity index (χ1n) is 15.3. The first-order valence-corrected chi connectivity index (χ1v) is 15.3. The quantitative estimate of drug-likeness (QED) is 0.200. The van der Waals surface area contributed by atoms with E-state index in [2.05, 4.69) is 139 Å². The Morgan fingerprint density at radius 3 is 2.00 bits per heavy atom. The second-order valence-electron chi connectivity index (χ2n) is 11.9. The average Bonchev–Trinajstić information content (AvgIpc) is 3.44. The summed E-state index contributed by atoms with van der Waals surface area (Å²) < 4.78 is 2.27. The molecule has 0 spiro atoms. The number of hydrogen-bond donors (Lipinski definition) is 0. The molecular weight excluding hydrogens is 534 g/mol. The molecule has 0 amide bonds. The van der Waals surface area contributed by atoms with Crippen molar-refractivity contribution in [1.82, 2.24) is 14.5 Å². The van der Waals surface area contributed by atoms with Crippen molar-refractivity contribution in [3.8, 4) is 28.3 Å². The second-order valence-corrected chi connectivity index (χ2v) is 11.9. The van der Waals surface area contributed by atoms with Gasteiger partial charge in [-0.1, -0.05) is 116 Å². The first kappa shape index (κ1) is 25.0. The van der Waals surface area contributed by atoms with Crippen molar-refractivity contribution in [3.05, 3.63) is 145 Å². The van der Waals surface area contributed by atoms with Crippen LogP contribution in [-0.4, -0.2) is 14.5 Å². The number of para-hydroxylation sites is 1. The second kappa shape index (κ2) is 9.75. The predicted molar refractivity (Wildman–Crippen MR) is 184 cm³/mol. The Hall–Kier alpha value is -5.54. The third kappa shape index (κ3) is 3.76. The van der Waals surface area contributed by atoms with Gasteiger partial charge >= 0.3 is 0 Å². The summed E-state index contributed by atoms with van der Waals surface area (Å²) in [5, 5.41) is 8.97. The molecule has 208 valence electrons. The third-order valence-electron chi connectivity index (χ3n) is 9.27. The molecule has 6 aromatic carbocycles. The Kier molecular flexibility index (Phi) is 5.54. The summed E-state index contributed by atoms with van der Waals surface area (Å²) in [6.45, 7) is 2.29. The van der Waals surface area contributed by atoms with E-state index >= 15 is 0 Å². The van der Waals surface area contributed by atoms with Gasteiger partial charge < -0.3 is 0 Å². The first-order chi connectivity index (χ1) is 21.7. The molecule has 3 heteroatoms. The summed E-state index contributed by atoms with van der Waals surface area (Å²) in [7, 11) is 0. The number of hydrogen-bond acceptors (Lipinski definition) is 2. The van der Waals surface area contributed by atoms with Crippen LogP contribution in [0.4, 0.5) is 0 Å². The highest BCUT2D eigenvalue weighted by molar-refractivity contribution is 6.25. The molecule has 1 atom stereocenters. The lowest BCUT2D eigenvalue weighted by Crippen LogP contribution is -2.10. The van der Waals surface area contributed by atoms with Crippen molar-refractivity contribution in [2.75, 3.05) is 0 Å². The molecule has 44 heavy (non-hydrogen) atoms. The Balaban J connectivity index is 1.18. The van der Waals surface area contributed by atoms with Gasteiger partial charge in [0.15, 0.2) is 0 Å². The summed E-state index contributed by atoms with van der Waals surface area (Å²) in [5.41, 5.74) is 8.08. The van der Waals surface area contributed by atoms with E-state index in [9.17, 15) is 0 Å². The SMILES string of the molecule is CC1CC=Cc2c1n(-c1nccc(-c3cccc(-c4ccc5c6ccccc6c6ccccc6c5c4)c3)n1)c1ccccc21. The van der Waals surface area contributed by atoms with Crippen LogP contribution in [0.1, 0.15) is 30.5 Å². The number of aromatic nitrogens is 3. The van der Waals surface area contributed by atoms with Gasteiger partial charge in [0.2, 0.25) is 5.95 Å². The topological polar surface area (TPSA) is 30.7 Å². The van der Waals surface area contributed by atoms with Gasteiger partial charge in [0.05, 0.1) is 11.2 Å². The minimum Gasteiger partial charge on any atom is -0.281 e. The maximum atomic E-state index is 5.17. The molecular formula is C41H29N3. The minimum absolute atomic E-state index is 0.388. The number of benzene rings is 6. The zero-order valence-electron chi connectivity index (χ0n) is 24.4. The number of rotatable bonds is 3. The molecule has 2 aromatic heterocycles. The summed E-state index contributed by atoms with van der Waals surface area (Å²) in [6.07, 6.45) is 7.45. The Bertz CT molecular complexity index is 2410. The van der Waals surface area contributed by atoms with Gasteiger partial charge in [-0.25, -0.2) is 9.97 Å². The van der Waals surface area contributed by atoms with Crippen molar-refractivity contribution >= 4 is 49.3 Å². The molecule has 0 saturated carbocycles. The van der Waals surface area contributed by atoms with Crippen LogP contribution >= 0.6 is 0 Å². The predicted octanol–water partition coefficient (Wildman–Crippen LogP) is 10.7. The smallest absolute Gasteiger partial charge is 0.234 e. The summed E-state index contributed by atoms with van der Waals surface area (Å²) in [5.74, 6) is 1.11. The van der Waals surface area contributed by atoms with E-state index in [-0.39, 0.29) is 0 Å². The van der Waals surface area contributed by atoms with E-state index in [1.165, 1.54) is 60.1 Å². The highest BCUT2D eigenvalue weighted by Gasteiger charge is 2.24. The zero-order valence-corrected chi connectivity index (χ0v) is 24.4. The van der Waals surface area contributed by atoms with Crippen LogP contribution in [0.5, 0.6) is 0 Å². The molecule has 1 unspecified atom stereocenters. The van der Waals surface area contributed by atoms with Gasteiger partial charge in [-0.2, -0.15) is 0 Å².